The van der Waals surface area contributed by atoms with Gasteiger partial charge in [-0.25, -0.2) is 17.9 Å². The fourth-order valence-electron chi connectivity index (χ4n) is 1.96. The van der Waals surface area contributed by atoms with E-state index in [9.17, 15) is 27.7 Å². The summed E-state index contributed by atoms with van der Waals surface area (Å²) in [6.07, 6.45) is -0.338. The van der Waals surface area contributed by atoms with Gasteiger partial charge in [0, 0.05) is 19.0 Å². The van der Waals surface area contributed by atoms with E-state index in [1.807, 2.05) is 0 Å². The minimum atomic E-state index is -3.90. The summed E-state index contributed by atoms with van der Waals surface area (Å²) in [6.45, 7) is -0.271. The lowest BCUT2D eigenvalue weighted by Gasteiger charge is -2.16. The van der Waals surface area contributed by atoms with Crippen molar-refractivity contribution in [2.45, 2.75) is 11.7 Å². The Labute approximate surface area is 113 Å². The van der Waals surface area contributed by atoms with Gasteiger partial charge in [0.05, 0.1) is 16.7 Å². The second kappa shape index (κ2) is 4.80. The summed E-state index contributed by atoms with van der Waals surface area (Å²) < 4.78 is 36.2. The van der Waals surface area contributed by atoms with Crippen LogP contribution in [0.4, 0.5) is 15.8 Å². The van der Waals surface area contributed by atoms with Crippen molar-refractivity contribution in [3.05, 3.63) is 34.1 Å². The Balaban J connectivity index is 2.33. The first kappa shape index (κ1) is 14.3. The van der Waals surface area contributed by atoms with Gasteiger partial charge in [-0.1, -0.05) is 0 Å². The molecule has 8 nitrogen and oxygen atoms in total. The quantitative estimate of drug-likeness (QED) is 0.627. The van der Waals surface area contributed by atoms with Crippen LogP contribution < -0.4 is 10.0 Å². The molecule has 0 spiro atoms. The third-order valence-corrected chi connectivity index (χ3v) is 4.23. The molecule has 1 aliphatic rings. The third kappa shape index (κ3) is 2.60. The molecule has 108 valence electrons. The second-order valence-electron chi connectivity index (χ2n) is 4.31. The van der Waals surface area contributed by atoms with Crippen molar-refractivity contribution in [3.63, 3.8) is 0 Å². The summed E-state index contributed by atoms with van der Waals surface area (Å²) in [7, 11) is -3.90. The van der Waals surface area contributed by atoms with Gasteiger partial charge in [-0.3, -0.25) is 14.9 Å². The van der Waals surface area contributed by atoms with Gasteiger partial charge in [0.2, 0.25) is 15.9 Å². The Morgan fingerprint density at radius 1 is 1.45 bits per heavy atom. The van der Waals surface area contributed by atoms with Crippen LogP contribution in [0.25, 0.3) is 0 Å². The van der Waals surface area contributed by atoms with Crippen molar-refractivity contribution in [1.29, 1.82) is 0 Å². The molecule has 0 saturated carbocycles. The monoisotopic (exact) mass is 303 g/mol. The number of benzene rings is 1. The van der Waals surface area contributed by atoms with E-state index in [0.29, 0.717) is 6.07 Å². The largest absolute Gasteiger partial charge is 0.308 e. The van der Waals surface area contributed by atoms with E-state index in [4.69, 9.17) is 5.14 Å². The summed E-state index contributed by atoms with van der Waals surface area (Å²) in [4.78, 5) is 22.4. The molecule has 2 N–H and O–H groups in total. The molecule has 0 aromatic heterocycles. The molecular weight excluding hydrogens is 293 g/mol. The van der Waals surface area contributed by atoms with Gasteiger partial charge in [0.15, 0.2) is 5.82 Å². The highest BCUT2D eigenvalue weighted by Crippen LogP contribution is 2.29. The molecule has 1 amide bonds. The number of amides is 1. The van der Waals surface area contributed by atoms with E-state index < -0.39 is 37.6 Å². The second-order valence-corrected chi connectivity index (χ2v) is 6.16. The van der Waals surface area contributed by atoms with Gasteiger partial charge in [-0.05, 0) is 6.07 Å². The van der Waals surface area contributed by atoms with Gasteiger partial charge in [-0.2, -0.15) is 0 Å². The van der Waals surface area contributed by atoms with Crippen LogP contribution in [0.3, 0.4) is 0 Å². The van der Waals surface area contributed by atoms with E-state index in [1.54, 1.807) is 0 Å². The van der Waals surface area contributed by atoms with Gasteiger partial charge in [-0.15, -0.1) is 0 Å². The Morgan fingerprint density at radius 2 is 2.10 bits per heavy atom. The molecule has 20 heavy (non-hydrogen) atoms. The molecule has 1 aromatic rings. The minimum Gasteiger partial charge on any atom is -0.308 e. The number of sulfonamides is 1. The van der Waals surface area contributed by atoms with E-state index >= 15 is 0 Å². The van der Waals surface area contributed by atoms with Crippen molar-refractivity contribution in [2.75, 3.05) is 11.4 Å². The van der Waals surface area contributed by atoms with Crippen LogP contribution in [-0.2, 0) is 14.8 Å². The molecule has 0 radical (unpaired) electrons. The first-order valence-corrected chi connectivity index (χ1v) is 7.07. The van der Waals surface area contributed by atoms with E-state index in [2.05, 4.69) is 0 Å². The molecule has 1 heterocycles. The van der Waals surface area contributed by atoms with E-state index in [0.717, 1.165) is 17.0 Å². The standard InChI is InChI=1S/C10H10FN3O5S/c11-8-3-6(14(16)17)1-2-9(8)13-5-7(4-10(13)15)20(12,18)19/h1-3,7H,4-5H2,(H2,12,18,19). The molecule has 0 bridgehead atoms. The SMILES string of the molecule is NS(=O)(=O)C1CC(=O)N(c2ccc([N+](=O)[O-])cc2F)C1. The molecule has 1 atom stereocenters. The van der Waals surface area contributed by atoms with Crippen LogP contribution in [0, 0.1) is 15.9 Å². The minimum absolute atomic E-state index is 0.202. The number of hydrogen-bond acceptors (Lipinski definition) is 5. The molecule has 1 unspecified atom stereocenters. The van der Waals surface area contributed by atoms with Crippen LogP contribution >= 0.6 is 0 Å². The van der Waals surface area contributed by atoms with Crippen molar-refractivity contribution in [1.82, 2.24) is 0 Å². The number of nitro benzene ring substituents is 1. The first-order chi connectivity index (χ1) is 9.20. The van der Waals surface area contributed by atoms with Crippen LogP contribution in [0.1, 0.15) is 6.42 Å². The Morgan fingerprint density at radius 3 is 2.55 bits per heavy atom. The van der Waals surface area contributed by atoms with Gasteiger partial charge < -0.3 is 4.90 Å². The molecule has 2 rings (SSSR count). The fourth-order valence-corrected chi connectivity index (χ4v) is 2.69. The van der Waals surface area contributed by atoms with Crippen LogP contribution in [-0.4, -0.2) is 31.0 Å². The van der Waals surface area contributed by atoms with E-state index in [-0.39, 0.29) is 18.7 Å². The molecule has 1 aromatic carbocycles. The number of anilines is 1. The Bertz CT molecular complexity index is 690. The van der Waals surface area contributed by atoms with Crippen molar-refractivity contribution in [3.8, 4) is 0 Å². The summed E-state index contributed by atoms with van der Waals surface area (Å²) in [5.41, 5.74) is -0.660. The summed E-state index contributed by atoms with van der Waals surface area (Å²) >= 11 is 0. The lowest BCUT2D eigenvalue weighted by molar-refractivity contribution is -0.385. The number of primary sulfonamides is 1. The van der Waals surface area contributed by atoms with Crippen LogP contribution in [0.5, 0.6) is 0 Å². The number of carbonyl (C=O) groups excluding carboxylic acids is 1. The molecule has 1 fully saturated rings. The number of hydrogen-bond donors (Lipinski definition) is 1. The number of nitro groups is 1. The van der Waals surface area contributed by atoms with Crippen molar-refractivity contribution < 1.29 is 22.5 Å². The lowest BCUT2D eigenvalue weighted by Crippen LogP contribution is -2.32. The maximum absolute atomic E-state index is 13.8. The van der Waals surface area contributed by atoms with Gasteiger partial charge in [0.25, 0.3) is 5.69 Å². The van der Waals surface area contributed by atoms with Crippen molar-refractivity contribution >= 4 is 27.3 Å². The number of rotatable bonds is 3. The Kier molecular flexibility index (Phi) is 3.44. The zero-order valence-electron chi connectivity index (χ0n) is 10.0. The number of halogens is 1. The van der Waals surface area contributed by atoms with E-state index in [1.165, 1.54) is 0 Å². The fraction of sp³-hybridized carbons (Fsp3) is 0.300. The molecular formula is C10H10FN3O5S. The molecule has 1 saturated heterocycles. The summed E-state index contributed by atoms with van der Waals surface area (Å²) in [6, 6.07) is 2.78. The number of non-ortho nitro benzene ring substituents is 1. The van der Waals surface area contributed by atoms with Gasteiger partial charge >= 0.3 is 0 Å². The van der Waals surface area contributed by atoms with Crippen LogP contribution in [0.2, 0.25) is 0 Å². The number of carbonyl (C=O) groups is 1. The predicted octanol–water partition coefficient (Wildman–Crippen LogP) is 0.128. The topological polar surface area (TPSA) is 124 Å². The zero-order valence-corrected chi connectivity index (χ0v) is 10.8. The Hall–Kier alpha value is -2.07. The summed E-state index contributed by atoms with van der Waals surface area (Å²) in [5, 5.41) is 14.3. The van der Waals surface area contributed by atoms with Crippen LogP contribution in [0.15, 0.2) is 18.2 Å². The smallest absolute Gasteiger partial charge is 0.272 e. The lowest BCUT2D eigenvalue weighted by atomic mass is 10.2. The highest BCUT2D eigenvalue weighted by Gasteiger charge is 2.38. The first-order valence-electron chi connectivity index (χ1n) is 5.46. The molecule has 1 aliphatic heterocycles. The molecule has 10 heteroatoms. The highest BCUT2D eigenvalue weighted by molar-refractivity contribution is 7.89. The number of nitrogens with two attached hydrogens (primary N) is 1. The predicted molar refractivity (Wildman–Crippen MR) is 66.9 cm³/mol. The normalized spacial score (nSPS) is 19.4. The molecule has 0 aliphatic carbocycles. The maximum atomic E-state index is 13.8. The third-order valence-electron chi connectivity index (χ3n) is 2.99. The summed E-state index contributed by atoms with van der Waals surface area (Å²) in [5.74, 6) is -1.57. The number of nitrogens with zero attached hydrogens (tertiary/aromatic N) is 2. The van der Waals surface area contributed by atoms with Gasteiger partial charge in [0.1, 0.15) is 5.25 Å². The van der Waals surface area contributed by atoms with Crippen molar-refractivity contribution in [2.24, 2.45) is 5.14 Å². The average Bonchev–Trinajstić information content (AvgIpc) is 2.71. The maximum Gasteiger partial charge on any atom is 0.272 e. The average molecular weight is 303 g/mol. The zero-order chi connectivity index (χ0) is 15.1. The highest BCUT2D eigenvalue weighted by atomic mass is 32.2.